The number of nitriles is 1. The summed E-state index contributed by atoms with van der Waals surface area (Å²) in [5.74, 6) is 0.831. The lowest BCUT2D eigenvalue weighted by atomic mass is 10.2. The molecule has 6 nitrogen and oxygen atoms in total. The van der Waals surface area contributed by atoms with Crippen molar-refractivity contribution in [2.45, 2.75) is 13.0 Å². The van der Waals surface area contributed by atoms with Crippen LogP contribution in [0.4, 0.5) is 0 Å². The second-order valence-electron chi connectivity index (χ2n) is 3.92. The molecule has 0 aliphatic heterocycles. The zero-order chi connectivity index (χ0) is 12.8. The Morgan fingerprint density at radius 2 is 2.33 bits per heavy atom. The SMILES string of the molecule is Cn1cnc(CCNCc2ccnc(C#N)c2)n1. The van der Waals surface area contributed by atoms with Gasteiger partial charge in [-0.1, -0.05) is 0 Å². The minimum atomic E-state index is 0.445. The number of hydrogen-bond acceptors (Lipinski definition) is 5. The lowest BCUT2D eigenvalue weighted by molar-refractivity contribution is 0.660. The van der Waals surface area contributed by atoms with Crippen LogP contribution in [0.15, 0.2) is 24.7 Å². The highest BCUT2D eigenvalue weighted by Gasteiger charge is 1.99. The summed E-state index contributed by atoms with van der Waals surface area (Å²) in [7, 11) is 1.85. The van der Waals surface area contributed by atoms with Crippen molar-refractivity contribution >= 4 is 0 Å². The summed E-state index contributed by atoms with van der Waals surface area (Å²) in [6.45, 7) is 1.51. The standard InChI is InChI=1S/C12H14N6/c1-18-9-16-12(17-18)3-4-14-8-10-2-5-15-11(6-10)7-13/h2,5-6,9,14H,3-4,8H2,1H3. The van der Waals surface area contributed by atoms with Crippen LogP contribution in [0.2, 0.25) is 0 Å². The number of aromatic nitrogens is 4. The van der Waals surface area contributed by atoms with Crippen molar-refractivity contribution in [3.8, 4) is 6.07 Å². The Bertz CT molecular complexity index is 554. The molecule has 0 amide bonds. The molecule has 0 saturated carbocycles. The van der Waals surface area contributed by atoms with Crippen molar-refractivity contribution in [1.82, 2.24) is 25.1 Å². The second-order valence-corrected chi connectivity index (χ2v) is 3.92. The number of rotatable bonds is 5. The van der Waals surface area contributed by atoms with Gasteiger partial charge in [-0.15, -0.1) is 0 Å². The zero-order valence-electron chi connectivity index (χ0n) is 10.2. The molecule has 0 aromatic carbocycles. The van der Waals surface area contributed by atoms with Gasteiger partial charge in [-0.25, -0.2) is 9.97 Å². The molecule has 0 unspecified atom stereocenters. The first-order valence-electron chi connectivity index (χ1n) is 5.68. The number of aryl methyl sites for hydroxylation is 1. The largest absolute Gasteiger partial charge is 0.312 e. The molecule has 0 aliphatic rings. The lowest BCUT2D eigenvalue weighted by Gasteiger charge is -2.03. The predicted octanol–water partition coefficient (Wildman–Crippen LogP) is 0.414. The number of nitrogens with one attached hydrogen (secondary N) is 1. The van der Waals surface area contributed by atoms with Crippen molar-refractivity contribution in [3.63, 3.8) is 0 Å². The Balaban J connectivity index is 1.77. The van der Waals surface area contributed by atoms with Gasteiger partial charge in [0.2, 0.25) is 0 Å². The number of nitrogens with zero attached hydrogens (tertiary/aromatic N) is 5. The van der Waals surface area contributed by atoms with Crippen molar-refractivity contribution in [3.05, 3.63) is 41.7 Å². The summed E-state index contributed by atoms with van der Waals surface area (Å²) in [4.78, 5) is 8.07. The summed E-state index contributed by atoms with van der Waals surface area (Å²) >= 11 is 0. The summed E-state index contributed by atoms with van der Waals surface area (Å²) < 4.78 is 1.69. The third-order valence-corrected chi connectivity index (χ3v) is 2.44. The van der Waals surface area contributed by atoms with Crippen LogP contribution in [0.3, 0.4) is 0 Å². The van der Waals surface area contributed by atoms with Crippen LogP contribution < -0.4 is 5.32 Å². The molecule has 2 heterocycles. The summed E-state index contributed by atoms with van der Waals surface area (Å²) in [6, 6.07) is 5.70. The Morgan fingerprint density at radius 3 is 3.06 bits per heavy atom. The topological polar surface area (TPSA) is 79.4 Å². The maximum absolute atomic E-state index is 8.73. The Kier molecular flexibility index (Phi) is 3.99. The van der Waals surface area contributed by atoms with E-state index in [0.717, 1.165) is 24.4 Å². The van der Waals surface area contributed by atoms with E-state index in [2.05, 4.69) is 20.4 Å². The van der Waals surface area contributed by atoms with Gasteiger partial charge in [0.25, 0.3) is 0 Å². The van der Waals surface area contributed by atoms with E-state index in [0.29, 0.717) is 12.2 Å². The fraction of sp³-hybridized carbons (Fsp3) is 0.333. The van der Waals surface area contributed by atoms with E-state index in [-0.39, 0.29) is 0 Å². The van der Waals surface area contributed by atoms with Gasteiger partial charge >= 0.3 is 0 Å². The number of hydrogen-bond donors (Lipinski definition) is 1. The first kappa shape index (κ1) is 12.2. The summed E-state index contributed by atoms with van der Waals surface area (Å²) in [6.07, 6.45) is 4.13. The highest BCUT2D eigenvalue weighted by Crippen LogP contribution is 2.00. The highest BCUT2D eigenvalue weighted by molar-refractivity contribution is 5.25. The van der Waals surface area contributed by atoms with Gasteiger partial charge in [-0.05, 0) is 17.7 Å². The number of pyridine rings is 1. The summed E-state index contributed by atoms with van der Waals surface area (Å²) in [5, 5.41) is 16.2. The Hall–Kier alpha value is -2.26. The van der Waals surface area contributed by atoms with E-state index in [9.17, 15) is 0 Å². The van der Waals surface area contributed by atoms with E-state index < -0.39 is 0 Å². The molecule has 6 heteroatoms. The van der Waals surface area contributed by atoms with Crippen molar-refractivity contribution in [2.75, 3.05) is 6.54 Å². The zero-order valence-corrected chi connectivity index (χ0v) is 10.2. The minimum absolute atomic E-state index is 0.445. The molecule has 0 atom stereocenters. The molecule has 18 heavy (non-hydrogen) atoms. The Morgan fingerprint density at radius 1 is 1.44 bits per heavy atom. The molecular weight excluding hydrogens is 228 g/mol. The molecule has 1 N–H and O–H groups in total. The van der Waals surface area contributed by atoms with Crippen LogP contribution in [0, 0.1) is 11.3 Å². The van der Waals surface area contributed by atoms with Crippen LogP contribution in [-0.4, -0.2) is 26.3 Å². The van der Waals surface area contributed by atoms with Crippen molar-refractivity contribution in [2.24, 2.45) is 7.05 Å². The average Bonchev–Trinajstić information content (AvgIpc) is 2.81. The third kappa shape index (κ3) is 3.37. The monoisotopic (exact) mass is 242 g/mol. The van der Waals surface area contributed by atoms with Gasteiger partial charge in [0.05, 0.1) is 0 Å². The molecule has 0 aliphatic carbocycles. The highest BCUT2D eigenvalue weighted by atomic mass is 15.3. The van der Waals surface area contributed by atoms with Gasteiger partial charge < -0.3 is 5.32 Å². The molecule has 0 spiro atoms. The second kappa shape index (κ2) is 5.89. The van der Waals surface area contributed by atoms with Crippen molar-refractivity contribution < 1.29 is 0 Å². The van der Waals surface area contributed by atoms with E-state index >= 15 is 0 Å². The van der Waals surface area contributed by atoms with E-state index in [1.807, 2.05) is 19.2 Å². The van der Waals surface area contributed by atoms with Crippen LogP contribution in [0.5, 0.6) is 0 Å². The van der Waals surface area contributed by atoms with Crippen LogP contribution in [0.25, 0.3) is 0 Å². The first-order chi connectivity index (χ1) is 8.78. The Labute approximate surface area is 105 Å². The lowest BCUT2D eigenvalue weighted by Crippen LogP contribution is -2.17. The molecule has 2 aromatic rings. The average molecular weight is 242 g/mol. The molecule has 0 radical (unpaired) electrons. The van der Waals surface area contributed by atoms with Gasteiger partial charge in [0.1, 0.15) is 18.1 Å². The third-order valence-electron chi connectivity index (χ3n) is 2.44. The normalized spacial score (nSPS) is 10.2. The van der Waals surface area contributed by atoms with Crippen molar-refractivity contribution in [1.29, 1.82) is 5.26 Å². The fourth-order valence-electron chi connectivity index (χ4n) is 1.58. The summed E-state index contributed by atoms with van der Waals surface area (Å²) in [5.41, 5.74) is 1.50. The van der Waals surface area contributed by atoms with Gasteiger partial charge in [-0.3, -0.25) is 4.68 Å². The van der Waals surface area contributed by atoms with Gasteiger partial charge in [0.15, 0.2) is 5.82 Å². The molecule has 2 rings (SSSR count). The van der Waals surface area contributed by atoms with Gasteiger partial charge in [-0.2, -0.15) is 10.4 Å². The molecule has 92 valence electrons. The molecule has 0 saturated heterocycles. The van der Waals surface area contributed by atoms with E-state index in [1.54, 1.807) is 23.3 Å². The van der Waals surface area contributed by atoms with E-state index in [4.69, 9.17) is 5.26 Å². The first-order valence-corrected chi connectivity index (χ1v) is 5.68. The maximum Gasteiger partial charge on any atom is 0.151 e. The molecule has 0 fully saturated rings. The maximum atomic E-state index is 8.73. The molecule has 2 aromatic heterocycles. The van der Waals surface area contributed by atoms with Crippen LogP contribution >= 0.6 is 0 Å². The quantitative estimate of drug-likeness (QED) is 0.768. The fourth-order valence-corrected chi connectivity index (χ4v) is 1.58. The smallest absolute Gasteiger partial charge is 0.151 e. The van der Waals surface area contributed by atoms with E-state index in [1.165, 1.54) is 0 Å². The van der Waals surface area contributed by atoms with Crippen LogP contribution in [0.1, 0.15) is 17.1 Å². The van der Waals surface area contributed by atoms with Crippen LogP contribution in [-0.2, 0) is 20.0 Å². The van der Waals surface area contributed by atoms with Gasteiger partial charge in [0, 0.05) is 32.8 Å². The minimum Gasteiger partial charge on any atom is -0.312 e. The molecule has 0 bridgehead atoms. The predicted molar refractivity (Wildman–Crippen MR) is 65.4 cm³/mol. The molecular formula is C12H14N6.